The summed E-state index contributed by atoms with van der Waals surface area (Å²) in [5.41, 5.74) is 0.519. The van der Waals surface area contributed by atoms with Crippen molar-refractivity contribution in [1.29, 1.82) is 0 Å². The molecule has 3 rings (SSSR count). The third-order valence-corrected chi connectivity index (χ3v) is 5.34. The topological polar surface area (TPSA) is 18.5 Å². The number of hydrogen-bond donors (Lipinski definition) is 0. The quantitative estimate of drug-likeness (QED) is 0.490. The summed E-state index contributed by atoms with van der Waals surface area (Å²) in [6.07, 6.45) is 18.3. The highest BCUT2D eigenvalue weighted by molar-refractivity contribution is 5.20. The molecule has 0 N–H and O–H groups in total. The minimum atomic E-state index is 0.0943. The van der Waals surface area contributed by atoms with E-state index in [1.54, 1.807) is 0 Å². The van der Waals surface area contributed by atoms with E-state index in [1.807, 2.05) is 0 Å². The minimum Gasteiger partial charge on any atom is -0.353 e. The number of hydrogen-bond acceptors (Lipinski definition) is 2. The van der Waals surface area contributed by atoms with Crippen molar-refractivity contribution in [2.45, 2.75) is 83.5 Å². The van der Waals surface area contributed by atoms with Crippen molar-refractivity contribution in [3.8, 4) is 0 Å². The summed E-state index contributed by atoms with van der Waals surface area (Å²) in [6.45, 7) is 3.16. The maximum absolute atomic E-state index is 6.17. The third-order valence-electron chi connectivity index (χ3n) is 5.34. The summed E-state index contributed by atoms with van der Waals surface area (Å²) in [7, 11) is 0. The van der Waals surface area contributed by atoms with E-state index in [0.717, 1.165) is 18.9 Å². The van der Waals surface area contributed by atoms with Crippen molar-refractivity contribution in [2.75, 3.05) is 6.61 Å². The van der Waals surface area contributed by atoms with Crippen molar-refractivity contribution >= 4 is 0 Å². The standard InChI is InChI=1S/C18H30O2/c1-2-3-4-5-7-10-18-13-15(18)12-16(14-18)20-17-9-6-8-11-19-17/h7,10,15-17H,2-6,8-9,11-14H2,1H3/b10-7+. The number of rotatable bonds is 7. The molecule has 0 aromatic carbocycles. The molecule has 4 unspecified atom stereocenters. The summed E-state index contributed by atoms with van der Waals surface area (Å²) in [4.78, 5) is 0. The summed E-state index contributed by atoms with van der Waals surface area (Å²) in [5.74, 6) is 0.901. The highest BCUT2D eigenvalue weighted by Crippen LogP contribution is 2.65. The van der Waals surface area contributed by atoms with Crippen LogP contribution in [0.5, 0.6) is 0 Å². The van der Waals surface area contributed by atoms with E-state index in [9.17, 15) is 0 Å². The van der Waals surface area contributed by atoms with Gasteiger partial charge < -0.3 is 9.47 Å². The molecule has 0 aromatic rings. The Hall–Kier alpha value is -0.340. The molecule has 4 atom stereocenters. The van der Waals surface area contributed by atoms with Gasteiger partial charge in [-0.15, -0.1) is 0 Å². The second-order valence-electron chi connectivity index (χ2n) is 7.03. The van der Waals surface area contributed by atoms with Gasteiger partial charge in [0.05, 0.1) is 6.10 Å². The molecular formula is C18H30O2. The zero-order valence-corrected chi connectivity index (χ0v) is 13.0. The molecule has 1 saturated heterocycles. The molecule has 0 radical (unpaired) electrons. The van der Waals surface area contributed by atoms with Crippen molar-refractivity contribution in [3.63, 3.8) is 0 Å². The monoisotopic (exact) mass is 278 g/mol. The van der Waals surface area contributed by atoms with Crippen LogP contribution in [0.25, 0.3) is 0 Å². The highest BCUT2D eigenvalue weighted by Gasteiger charge is 2.58. The SMILES string of the molecule is CCCCC/C=C/C12CC(OC3CCCCO3)CC1C2. The van der Waals surface area contributed by atoms with Crippen LogP contribution in [0.1, 0.15) is 71.1 Å². The Labute approximate surface area is 123 Å². The summed E-state index contributed by atoms with van der Waals surface area (Å²) < 4.78 is 11.9. The van der Waals surface area contributed by atoms with Crippen molar-refractivity contribution in [2.24, 2.45) is 11.3 Å². The Morgan fingerprint density at radius 2 is 2.20 bits per heavy atom. The Morgan fingerprint density at radius 1 is 1.25 bits per heavy atom. The molecule has 2 aliphatic carbocycles. The van der Waals surface area contributed by atoms with Crippen molar-refractivity contribution in [3.05, 3.63) is 12.2 Å². The molecule has 3 aliphatic rings. The van der Waals surface area contributed by atoms with Crippen molar-refractivity contribution < 1.29 is 9.47 Å². The first kappa shape index (κ1) is 14.6. The molecule has 3 fully saturated rings. The van der Waals surface area contributed by atoms with E-state index in [-0.39, 0.29) is 6.29 Å². The van der Waals surface area contributed by atoms with Gasteiger partial charge in [0.25, 0.3) is 0 Å². The van der Waals surface area contributed by atoms with Crippen LogP contribution in [0.4, 0.5) is 0 Å². The molecule has 0 bridgehead atoms. The van der Waals surface area contributed by atoms with Gasteiger partial charge in [0, 0.05) is 6.61 Å². The predicted octanol–water partition coefficient (Wildman–Crippen LogP) is 4.83. The molecule has 0 aromatic heterocycles. The maximum Gasteiger partial charge on any atom is 0.157 e. The zero-order valence-electron chi connectivity index (χ0n) is 13.0. The second kappa shape index (κ2) is 6.62. The fraction of sp³-hybridized carbons (Fsp3) is 0.889. The minimum absolute atomic E-state index is 0.0943. The summed E-state index contributed by atoms with van der Waals surface area (Å²) in [6, 6.07) is 0. The van der Waals surface area contributed by atoms with E-state index >= 15 is 0 Å². The fourth-order valence-electron chi connectivity index (χ4n) is 4.03. The maximum atomic E-state index is 6.17. The third kappa shape index (κ3) is 3.46. The van der Waals surface area contributed by atoms with Gasteiger partial charge in [0.15, 0.2) is 6.29 Å². The van der Waals surface area contributed by atoms with Gasteiger partial charge in [-0.25, -0.2) is 0 Å². The lowest BCUT2D eigenvalue weighted by Gasteiger charge is -2.27. The van der Waals surface area contributed by atoms with E-state index in [0.29, 0.717) is 11.5 Å². The lowest BCUT2D eigenvalue weighted by atomic mass is 10.0. The number of allylic oxidation sites excluding steroid dienone is 2. The Bertz CT molecular complexity index is 332. The van der Waals surface area contributed by atoms with E-state index in [1.165, 1.54) is 57.8 Å². The largest absolute Gasteiger partial charge is 0.353 e. The van der Waals surface area contributed by atoms with Crippen LogP contribution in [-0.2, 0) is 9.47 Å². The van der Waals surface area contributed by atoms with Gasteiger partial charge >= 0.3 is 0 Å². The van der Waals surface area contributed by atoms with Gasteiger partial charge in [-0.2, -0.15) is 0 Å². The van der Waals surface area contributed by atoms with Gasteiger partial charge in [0.2, 0.25) is 0 Å². The fourth-order valence-corrected chi connectivity index (χ4v) is 4.03. The summed E-state index contributed by atoms with van der Waals surface area (Å²) in [5, 5.41) is 0. The molecule has 0 amide bonds. The van der Waals surface area contributed by atoms with Crippen LogP contribution in [0.3, 0.4) is 0 Å². The molecule has 2 nitrogen and oxygen atoms in total. The Balaban J connectivity index is 1.40. The highest BCUT2D eigenvalue weighted by atomic mass is 16.7. The van der Waals surface area contributed by atoms with Crippen LogP contribution in [-0.4, -0.2) is 19.0 Å². The van der Waals surface area contributed by atoms with E-state index < -0.39 is 0 Å². The molecule has 2 saturated carbocycles. The molecule has 2 heteroatoms. The molecular weight excluding hydrogens is 248 g/mol. The lowest BCUT2D eigenvalue weighted by Crippen LogP contribution is -2.27. The van der Waals surface area contributed by atoms with Crippen LogP contribution in [0, 0.1) is 11.3 Å². The van der Waals surface area contributed by atoms with E-state index in [4.69, 9.17) is 9.47 Å². The van der Waals surface area contributed by atoms with Crippen LogP contribution < -0.4 is 0 Å². The first-order valence-corrected chi connectivity index (χ1v) is 8.77. The number of ether oxygens (including phenoxy) is 2. The number of unbranched alkanes of at least 4 members (excludes halogenated alkanes) is 3. The summed E-state index contributed by atoms with van der Waals surface area (Å²) >= 11 is 0. The van der Waals surface area contributed by atoms with Gasteiger partial charge in [-0.3, -0.25) is 0 Å². The van der Waals surface area contributed by atoms with Crippen molar-refractivity contribution in [1.82, 2.24) is 0 Å². The van der Waals surface area contributed by atoms with Gasteiger partial charge in [-0.1, -0.05) is 31.9 Å². The average molecular weight is 278 g/mol. The molecule has 1 aliphatic heterocycles. The van der Waals surface area contributed by atoms with Gasteiger partial charge in [0.1, 0.15) is 0 Å². The Kier molecular flexibility index (Phi) is 4.83. The number of fused-ring (bicyclic) bond motifs is 1. The molecule has 0 spiro atoms. The first-order chi connectivity index (χ1) is 9.82. The first-order valence-electron chi connectivity index (χ1n) is 8.77. The smallest absolute Gasteiger partial charge is 0.157 e. The predicted molar refractivity (Wildman–Crippen MR) is 81.5 cm³/mol. The van der Waals surface area contributed by atoms with Crippen LogP contribution in [0.15, 0.2) is 12.2 Å². The average Bonchev–Trinajstić information content (AvgIpc) is 3.01. The van der Waals surface area contributed by atoms with Gasteiger partial charge in [-0.05, 0) is 62.7 Å². The molecule has 1 heterocycles. The molecule has 20 heavy (non-hydrogen) atoms. The lowest BCUT2D eigenvalue weighted by molar-refractivity contribution is -0.188. The zero-order chi connectivity index (χ0) is 13.8. The Morgan fingerprint density at radius 3 is 3.00 bits per heavy atom. The normalized spacial score (nSPS) is 40.1. The van der Waals surface area contributed by atoms with Crippen LogP contribution in [0.2, 0.25) is 0 Å². The molecule has 114 valence electrons. The second-order valence-corrected chi connectivity index (χ2v) is 7.03. The van der Waals surface area contributed by atoms with Crippen LogP contribution >= 0.6 is 0 Å². The van der Waals surface area contributed by atoms with E-state index in [2.05, 4.69) is 19.1 Å².